The van der Waals surface area contributed by atoms with E-state index in [1.54, 1.807) is 28.2 Å². The maximum absolute atomic E-state index is 12.5. The maximum Gasteiger partial charge on any atom is 0.243 e. The predicted molar refractivity (Wildman–Crippen MR) is 78.2 cm³/mol. The first-order chi connectivity index (χ1) is 8.96. The zero-order valence-corrected chi connectivity index (χ0v) is 12.5. The van der Waals surface area contributed by atoms with Gasteiger partial charge in [0.1, 0.15) is 0 Å². The van der Waals surface area contributed by atoms with Crippen molar-refractivity contribution >= 4 is 26.8 Å². The van der Waals surface area contributed by atoms with Crippen molar-refractivity contribution in [2.24, 2.45) is 4.99 Å². The van der Waals surface area contributed by atoms with Crippen LogP contribution in [0.4, 0.5) is 0 Å². The Morgan fingerprint density at radius 2 is 1.89 bits per heavy atom. The van der Waals surface area contributed by atoms with Crippen LogP contribution in [0.3, 0.4) is 0 Å². The summed E-state index contributed by atoms with van der Waals surface area (Å²) in [6, 6.07) is 7.16. The third kappa shape index (κ3) is 2.32. The Morgan fingerprint density at radius 1 is 1.21 bits per heavy atom. The Balaban J connectivity index is 1.85. The van der Waals surface area contributed by atoms with Crippen LogP contribution in [0.5, 0.6) is 0 Å². The van der Waals surface area contributed by atoms with Crippen LogP contribution in [0.25, 0.3) is 0 Å². The summed E-state index contributed by atoms with van der Waals surface area (Å²) in [5.74, 6) is 0. The van der Waals surface area contributed by atoms with Gasteiger partial charge in [-0.25, -0.2) is 8.42 Å². The maximum atomic E-state index is 12.5. The molecule has 1 aromatic carbocycles. The van der Waals surface area contributed by atoms with Crippen LogP contribution in [-0.2, 0) is 10.0 Å². The van der Waals surface area contributed by atoms with Crippen LogP contribution in [0.2, 0.25) is 0 Å². The van der Waals surface area contributed by atoms with Gasteiger partial charge in [-0.15, -0.1) is 11.8 Å². The summed E-state index contributed by atoms with van der Waals surface area (Å²) < 4.78 is 26.6. The molecule has 4 nitrogen and oxygen atoms in total. The summed E-state index contributed by atoms with van der Waals surface area (Å²) in [7, 11) is -3.36. The van der Waals surface area contributed by atoms with E-state index in [1.807, 2.05) is 26.0 Å². The highest BCUT2D eigenvalue weighted by atomic mass is 32.2. The molecule has 2 atom stereocenters. The number of fused-ring (bicyclic) bond motifs is 1. The molecule has 0 bridgehead atoms. The number of aryl methyl sites for hydroxylation is 1. The number of nitrogens with zero attached hydrogens (tertiary/aromatic N) is 2. The van der Waals surface area contributed by atoms with E-state index in [1.165, 1.54) is 0 Å². The van der Waals surface area contributed by atoms with Crippen molar-refractivity contribution in [1.82, 2.24) is 4.31 Å². The molecule has 0 saturated carbocycles. The van der Waals surface area contributed by atoms with Crippen molar-refractivity contribution < 1.29 is 8.42 Å². The van der Waals surface area contributed by atoms with Crippen LogP contribution >= 0.6 is 11.8 Å². The summed E-state index contributed by atoms with van der Waals surface area (Å²) in [5.41, 5.74) is 1.06. The van der Waals surface area contributed by atoms with E-state index >= 15 is 0 Å². The molecule has 2 unspecified atom stereocenters. The second-order valence-electron chi connectivity index (χ2n) is 5.01. The summed E-state index contributed by atoms with van der Waals surface area (Å²) in [6.07, 6.45) is 0. The Kier molecular flexibility index (Phi) is 3.19. The van der Waals surface area contributed by atoms with E-state index in [9.17, 15) is 8.42 Å². The number of hydrogen-bond acceptors (Lipinski definition) is 4. The summed E-state index contributed by atoms with van der Waals surface area (Å²) in [6.45, 7) is 5.00. The first-order valence-electron chi connectivity index (χ1n) is 6.25. The van der Waals surface area contributed by atoms with E-state index in [-0.39, 0.29) is 6.04 Å². The lowest BCUT2D eigenvalue weighted by Gasteiger charge is -2.16. The largest absolute Gasteiger partial charge is 0.277 e. The molecule has 2 heterocycles. The van der Waals surface area contributed by atoms with Gasteiger partial charge in [0.2, 0.25) is 10.0 Å². The Hall–Kier alpha value is -0.850. The van der Waals surface area contributed by atoms with Crippen molar-refractivity contribution in [1.29, 1.82) is 0 Å². The van der Waals surface area contributed by atoms with E-state index in [2.05, 4.69) is 4.99 Å². The molecule has 1 saturated heterocycles. The fraction of sp³-hybridized carbons (Fsp3) is 0.462. The number of benzene rings is 1. The number of thioether (sulfide) groups is 1. The minimum Gasteiger partial charge on any atom is -0.277 e. The standard InChI is InChI=1S/C13H16N2O2S2/c1-9-3-5-11(6-4-9)19(16,17)15-7-12-13(8-15)18-10(2)14-12/h3-6,12-13H,7-8H2,1-2H3. The van der Waals surface area contributed by atoms with Gasteiger partial charge in [0, 0.05) is 18.3 Å². The highest BCUT2D eigenvalue weighted by molar-refractivity contribution is 8.14. The van der Waals surface area contributed by atoms with Crippen LogP contribution in [0.15, 0.2) is 34.2 Å². The van der Waals surface area contributed by atoms with Crippen LogP contribution < -0.4 is 0 Å². The zero-order valence-electron chi connectivity index (χ0n) is 10.9. The molecule has 2 aliphatic rings. The summed E-state index contributed by atoms with van der Waals surface area (Å²) in [4.78, 5) is 4.87. The van der Waals surface area contributed by atoms with Crippen LogP contribution in [-0.4, -0.2) is 42.1 Å². The SMILES string of the molecule is CC1=NC2CN(S(=O)(=O)c3ccc(C)cc3)CC2S1. The fourth-order valence-electron chi connectivity index (χ4n) is 2.50. The molecular formula is C13H16N2O2S2. The van der Waals surface area contributed by atoms with Crippen molar-refractivity contribution in [2.45, 2.75) is 30.0 Å². The first-order valence-corrected chi connectivity index (χ1v) is 8.57. The molecule has 3 rings (SSSR count). The van der Waals surface area contributed by atoms with Gasteiger partial charge in [0.15, 0.2) is 0 Å². The smallest absolute Gasteiger partial charge is 0.243 e. The second-order valence-corrected chi connectivity index (χ2v) is 8.38. The molecule has 102 valence electrons. The number of rotatable bonds is 2. The Bertz CT molecular complexity index is 623. The topological polar surface area (TPSA) is 49.7 Å². The molecule has 1 fully saturated rings. The van der Waals surface area contributed by atoms with Gasteiger partial charge in [-0.2, -0.15) is 4.31 Å². The monoisotopic (exact) mass is 296 g/mol. The highest BCUT2D eigenvalue weighted by Crippen LogP contribution is 2.35. The lowest BCUT2D eigenvalue weighted by Crippen LogP contribution is -2.30. The van der Waals surface area contributed by atoms with Crippen molar-refractivity contribution in [3.63, 3.8) is 0 Å². The Morgan fingerprint density at radius 3 is 2.53 bits per heavy atom. The first kappa shape index (κ1) is 13.1. The molecular weight excluding hydrogens is 280 g/mol. The number of aliphatic imine (C=N–C) groups is 1. The number of hydrogen-bond donors (Lipinski definition) is 0. The van der Waals surface area contributed by atoms with Gasteiger partial charge in [-0.1, -0.05) is 17.7 Å². The zero-order chi connectivity index (χ0) is 13.6. The van der Waals surface area contributed by atoms with E-state index in [4.69, 9.17) is 0 Å². The normalized spacial score (nSPS) is 27.4. The lowest BCUT2D eigenvalue weighted by atomic mass is 10.2. The van der Waals surface area contributed by atoms with Crippen molar-refractivity contribution in [3.8, 4) is 0 Å². The third-order valence-corrected chi connectivity index (χ3v) is 6.59. The van der Waals surface area contributed by atoms with Gasteiger partial charge in [-0.05, 0) is 26.0 Å². The van der Waals surface area contributed by atoms with Gasteiger partial charge < -0.3 is 0 Å². The quantitative estimate of drug-likeness (QED) is 0.837. The molecule has 1 aromatic rings. The molecule has 0 radical (unpaired) electrons. The van der Waals surface area contributed by atoms with Crippen LogP contribution in [0, 0.1) is 6.92 Å². The predicted octanol–water partition coefficient (Wildman–Crippen LogP) is 1.90. The van der Waals surface area contributed by atoms with E-state index in [0.717, 1.165) is 10.6 Å². The van der Waals surface area contributed by atoms with Gasteiger partial charge in [0.25, 0.3) is 0 Å². The third-order valence-electron chi connectivity index (χ3n) is 3.53. The molecule has 19 heavy (non-hydrogen) atoms. The fourth-order valence-corrected chi connectivity index (χ4v) is 5.27. The molecule has 0 aromatic heterocycles. The van der Waals surface area contributed by atoms with Gasteiger partial charge in [0.05, 0.1) is 16.0 Å². The van der Waals surface area contributed by atoms with E-state index < -0.39 is 10.0 Å². The summed E-state index contributed by atoms with van der Waals surface area (Å²) >= 11 is 1.70. The van der Waals surface area contributed by atoms with Gasteiger partial charge >= 0.3 is 0 Å². The van der Waals surface area contributed by atoms with Crippen molar-refractivity contribution in [3.05, 3.63) is 29.8 Å². The summed E-state index contributed by atoms with van der Waals surface area (Å²) in [5, 5.41) is 1.36. The number of sulfonamides is 1. The lowest BCUT2D eigenvalue weighted by molar-refractivity contribution is 0.473. The molecule has 0 spiro atoms. The average molecular weight is 296 g/mol. The molecule has 0 amide bonds. The Labute approximate surface area is 118 Å². The highest BCUT2D eigenvalue weighted by Gasteiger charge is 2.42. The molecule has 0 N–H and O–H groups in total. The minimum atomic E-state index is -3.36. The molecule has 6 heteroatoms. The van der Waals surface area contributed by atoms with E-state index in [0.29, 0.717) is 23.2 Å². The van der Waals surface area contributed by atoms with Gasteiger partial charge in [-0.3, -0.25) is 4.99 Å². The molecule has 2 aliphatic heterocycles. The van der Waals surface area contributed by atoms with Crippen LogP contribution in [0.1, 0.15) is 12.5 Å². The second kappa shape index (κ2) is 4.61. The average Bonchev–Trinajstić information content (AvgIpc) is 2.87. The minimum absolute atomic E-state index is 0.130. The van der Waals surface area contributed by atoms with Crippen molar-refractivity contribution in [2.75, 3.05) is 13.1 Å². The molecule has 0 aliphatic carbocycles.